The minimum atomic E-state index is -4.05. The molecule has 1 aromatic heterocycles. The predicted molar refractivity (Wildman–Crippen MR) is 92.0 cm³/mol. The Morgan fingerprint density at radius 1 is 1.15 bits per heavy atom. The van der Waals surface area contributed by atoms with Gasteiger partial charge in [-0.3, -0.25) is 4.79 Å². The van der Waals surface area contributed by atoms with Crippen molar-refractivity contribution in [2.75, 3.05) is 13.7 Å². The minimum absolute atomic E-state index is 0.0131. The second-order valence-corrected chi connectivity index (χ2v) is 7.37. The van der Waals surface area contributed by atoms with E-state index in [2.05, 4.69) is 9.72 Å². The molecule has 9 heteroatoms. The quantitative estimate of drug-likeness (QED) is 0.725. The highest BCUT2D eigenvalue weighted by Crippen LogP contribution is 2.20. The van der Waals surface area contributed by atoms with E-state index in [-0.39, 0.29) is 22.7 Å². The van der Waals surface area contributed by atoms with Gasteiger partial charge in [-0.1, -0.05) is 24.3 Å². The highest BCUT2D eigenvalue weighted by molar-refractivity contribution is 7.89. The van der Waals surface area contributed by atoms with Crippen LogP contribution in [-0.4, -0.2) is 48.4 Å². The van der Waals surface area contributed by atoms with Gasteiger partial charge in [-0.05, 0) is 25.1 Å². The van der Waals surface area contributed by atoms with E-state index in [0.29, 0.717) is 5.69 Å². The molecule has 0 saturated heterocycles. The van der Waals surface area contributed by atoms with Crippen LogP contribution in [0.2, 0.25) is 0 Å². The Morgan fingerprint density at radius 2 is 1.81 bits per heavy atom. The van der Waals surface area contributed by atoms with Gasteiger partial charge in [0, 0.05) is 17.8 Å². The third-order valence-electron chi connectivity index (χ3n) is 3.58. The molecule has 0 saturated carbocycles. The zero-order valence-electron chi connectivity index (χ0n) is 14.2. The monoisotopic (exact) mass is 378 g/mol. The number of esters is 1. The van der Waals surface area contributed by atoms with Crippen molar-refractivity contribution < 1.29 is 27.9 Å². The number of carbonyl (C=O) groups is 2. The number of aromatic nitrogens is 1. The van der Waals surface area contributed by atoms with E-state index in [1.165, 1.54) is 18.2 Å². The Hall–Kier alpha value is -2.78. The SMILES string of the molecule is COC(=O)CN(Cc1ccc(C)nc1C(=O)O)S(=O)(=O)c1ccccc1. The van der Waals surface area contributed by atoms with Crippen LogP contribution in [0.1, 0.15) is 21.7 Å². The Labute approximate surface area is 151 Å². The largest absolute Gasteiger partial charge is 0.477 e. The number of nitrogens with zero attached hydrogens (tertiary/aromatic N) is 2. The fourth-order valence-corrected chi connectivity index (χ4v) is 3.65. The van der Waals surface area contributed by atoms with Crippen LogP contribution in [0.15, 0.2) is 47.4 Å². The minimum Gasteiger partial charge on any atom is -0.477 e. The standard InChI is InChI=1S/C17H18N2O6S/c1-12-8-9-13(16(18-12)17(21)22)10-19(11-15(20)25-2)26(23,24)14-6-4-3-5-7-14/h3-9H,10-11H2,1-2H3,(H,21,22). The van der Waals surface area contributed by atoms with Crippen LogP contribution < -0.4 is 0 Å². The zero-order valence-corrected chi connectivity index (χ0v) is 15.1. The molecular weight excluding hydrogens is 360 g/mol. The molecule has 0 aliphatic rings. The molecule has 1 N–H and O–H groups in total. The van der Waals surface area contributed by atoms with Crippen LogP contribution in [0, 0.1) is 6.92 Å². The molecular formula is C17H18N2O6S. The summed E-state index contributed by atoms with van der Waals surface area (Å²) in [7, 11) is -2.90. The van der Waals surface area contributed by atoms with Crippen molar-refractivity contribution in [3.8, 4) is 0 Å². The molecule has 0 aliphatic carbocycles. The third kappa shape index (κ3) is 4.44. The lowest BCUT2D eigenvalue weighted by Crippen LogP contribution is -2.36. The third-order valence-corrected chi connectivity index (χ3v) is 5.39. The first kappa shape index (κ1) is 19.5. The maximum Gasteiger partial charge on any atom is 0.354 e. The maximum atomic E-state index is 12.9. The number of sulfonamides is 1. The smallest absolute Gasteiger partial charge is 0.354 e. The number of carbonyl (C=O) groups excluding carboxylic acids is 1. The molecule has 8 nitrogen and oxygen atoms in total. The van der Waals surface area contributed by atoms with E-state index in [4.69, 9.17) is 0 Å². The number of carboxylic acid groups (broad SMARTS) is 1. The fraction of sp³-hybridized carbons (Fsp3) is 0.235. The number of aryl methyl sites for hydroxylation is 1. The Balaban J connectivity index is 2.47. The summed E-state index contributed by atoms with van der Waals surface area (Å²) < 4.78 is 31.2. The molecule has 138 valence electrons. The number of carboxylic acids is 1. The van der Waals surface area contributed by atoms with Crippen molar-refractivity contribution in [1.29, 1.82) is 0 Å². The molecule has 0 radical (unpaired) electrons. The van der Waals surface area contributed by atoms with Gasteiger partial charge in [0.25, 0.3) is 0 Å². The summed E-state index contributed by atoms with van der Waals surface area (Å²) in [5.74, 6) is -2.04. The summed E-state index contributed by atoms with van der Waals surface area (Å²) in [5.41, 5.74) is 0.395. The lowest BCUT2D eigenvalue weighted by atomic mass is 10.1. The summed E-state index contributed by atoms with van der Waals surface area (Å²) in [4.78, 5) is 27.1. The van der Waals surface area contributed by atoms with Crippen LogP contribution in [0.25, 0.3) is 0 Å². The average Bonchev–Trinajstić information content (AvgIpc) is 2.62. The van der Waals surface area contributed by atoms with Crippen molar-refractivity contribution in [2.24, 2.45) is 0 Å². The lowest BCUT2D eigenvalue weighted by Gasteiger charge is -2.22. The predicted octanol–water partition coefficient (Wildman–Crippen LogP) is 1.45. The Morgan fingerprint density at radius 3 is 2.38 bits per heavy atom. The van der Waals surface area contributed by atoms with E-state index < -0.39 is 28.5 Å². The van der Waals surface area contributed by atoms with Gasteiger partial charge in [0.2, 0.25) is 10.0 Å². The van der Waals surface area contributed by atoms with Gasteiger partial charge < -0.3 is 9.84 Å². The zero-order chi connectivity index (χ0) is 19.3. The van der Waals surface area contributed by atoms with Crippen molar-refractivity contribution in [2.45, 2.75) is 18.4 Å². The number of hydrogen-bond acceptors (Lipinski definition) is 6. The van der Waals surface area contributed by atoms with Gasteiger partial charge in [-0.25, -0.2) is 18.2 Å². The Kier molecular flexibility index (Phi) is 6.06. The first-order valence-corrected chi connectivity index (χ1v) is 9.01. The van der Waals surface area contributed by atoms with Gasteiger partial charge in [-0.15, -0.1) is 0 Å². The number of benzene rings is 1. The second kappa shape index (κ2) is 8.07. The number of rotatable bonds is 7. The Bertz CT molecular complexity index is 912. The van der Waals surface area contributed by atoms with Crippen LogP contribution in [0.5, 0.6) is 0 Å². The second-order valence-electron chi connectivity index (χ2n) is 5.43. The van der Waals surface area contributed by atoms with E-state index >= 15 is 0 Å². The van der Waals surface area contributed by atoms with Crippen molar-refractivity contribution >= 4 is 22.0 Å². The van der Waals surface area contributed by atoms with Gasteiger partial charge in [0.15, 0.2) is 5.69 Å². The fourth-order valence-electron chi connectivity index (χ4n) is 2.26. The molecule has 0 fully saturated rings. The molecule has 26 heavy (non-hydrogen) atoms. The number of ether oxygens (including phenoxy) is 1. The molecule has 0 unspecified atom stereocenters. The van der Waals surface area contributed by atoms with Crippen molar-refractivity contribution in [1.82, 2.24) is 9.29 Å². The maximum absolute atomic E-state index is 12.9. The van der Waals surface area contributed by atoms with E-state index in [1.54, 1.807) is 31.2 Å². The van der Waals surface area contributed by atoms with Gasteiger partial charge in [0.1, 0.15) is 6.54 Å². The highest BCUT2D eigenvalue weighted by atomic mass is 32.2. The molecule has 1 heterocycles. The van der Waals surface area contributed by atoms with E-state index in [9.17, 15) is 23.1 Å². The topological polar surface area (TPSA) is 114 Å². The summed E-state index contributed by atoms with van der Waals surface area (Å²) in [6, 6.07) is 10.6. The number of methoxy groups -OCH3 is 1. The van der Waals surface area contributed by atoms with Crippen LogP contribution >= 0.6 is 0 Å². The van der Waals surface area contributed by atoms with Crippen LogP contribution in [-0.2, 0) is 26.1 Å². The molecule has 0 atom stereocenters. The van der Waals surface area contributed by atoms with Crippen LogP contribution in [0.4, 0.5) is 0 Å². The summed E-state index contributed by atoms with van der Waals surface area (Å²) in [5, 5.41) is 9.33. The summed E-state index contributed by atoms with van der Waals surface area (Å²) in [6.07, 6.45) is 0. The molecule has 2 aromatic rings. The molecule has 0 aliphatic heterocycles. The van der Waals surface area contributed by atoms with Gasteiger partial charge in [0.05, 0.1) is 12.0 Å². The molecule has 0 bridgehead atoms. The average molecular weight is 378 g/mol. The van der Waals surface area contributed by atoms with E-state index in [0.717, 1.165) is 11.4 Å². The van der Waals surface area contributed by atoms with Crippen molar-refractivity contribution in [3.63, 3.8) is 0 Å². The number of aromatic carboxylic acids is 1. The molecule has 0 amide bonds. The number of hydrogen-bond donors (Lipinski definition) is 1. The van der Waals surface area contributed by atoms with Gasteiger partial charge in [-0.2, -0.15) is 4.31 Å². The first-order chi connectivity index (χ1) is 12.3. The first-order valence-electron chi connectivity index (χ1n) is 7.57. The van der Waals surface area contributed by atoms with Crippen molar-refractivity contribution in [3.05, 3.63) is 59.4 Å². The molecule has 0 spiro atoms. The van der Waals surface area contributed by atoms with Gasteiger partial charge >= 0.3 is 11.9 Å². The highest BCUT2D eigenvalue weighted by Gasteiger charge is 2.28. The summed E-state index contributed by atoms with van der Waals surface area (Å²) in [6.45, 7) is 0.741. The summed E-state index contributed by atoms with van der Waals surface area (Å²) >= 11 is 0. The molecule has 2 rings (SSSR count). The van der Waals surface area contributed by atoms with E-state index in [1.807, 2.05) is 0 Å². The number of pyridine rings is 1. The molecule has 1 aromatic carbocycles. The lowest BCUT2D eigenvalue weighted by molar-refractivity contribution is -0.140. The normalized spacial score (nSPS) is 11.3. The van der Waals surface area contributed by atoms with Crippen LogP contribution in [0.3, 0.4) is 0 Å².